The van der Waals surface area contributed by atoms with Crippen molar-refractivity contribution >= 4 is 17.6 Å². The minimum Gasteiger partial charge on any atom is -0.350 e. The Labute approximate surface area is 181 Å². The molecule has 0 atom stereocenters. The quantitative estimate of drug-likeness (QED) is 0.603. The number of nitrogens with one attached hydrogen (secondary N) is 2. The van der Waals surface area contributed by atoms with Crippen molar-refractivity contribution in [3.8, 4) is 11.5 Å². The van der Waals surface area contributed by atoms with Crippen molar-refractivity contribution in [2.45, 2.75) is 33.2 Å². The van der Waals surface area contributed by atoms with Gasteiger partial charge >= 0.3 is 6.03 Å². The molecule has 0 aliphatic heterocycles. The van der Waals surface area contributed by atoms with Gasteiger partial charge in [-0.05, 0) is 62.7 Å². The molecule has 0 unspecified atom stereocenters. The van der Waals surface area contributed by atoms with Gasteiger partial charge in [-0.25, -0.2) is 4.79 Å². The van der Waals surface area contributed by atoms with Gasteiger partial charge in [-0.1, -0.05) is 17.3 Å². The van der Waals surface area contributed by atoms with E-state index in [9.17, 15) is 9.59 Å². The van der Waals surface area contributed by atoms with Crippen LogP contribution in [0.3, 0.4) is 0 Å². The molecule has 0 aliphatic rings. The summed E-state index contributed by atoms with van der Waals surface area (Å²) < 4.78 is 5.34. The summed E-state index contributed by atoms with van der Waals surface area (Å²) in [5.41, 5.74) is 3.13. The largest absolute Gasteiger partial charge is 0.350 e. The molecule has 0 bridgehead atoms. The van der Waals surface area contributed by atoms with Gasteiger partial charge in [0.1, 0.15) is 0 Å². The Hall–Kier alpha value is -3.68. The molecule has 162 valence electrons. The van der Waals surface area contributed by atoms with Crippen LogP contribution in [0.15, 0.2) is 53.1 Å². The van der Waals surface area contributed by atoms with Crippen molar-refractivity contribution in [3.63, 3.8) is 0 Å². The molecule has 8 nitrogen and oxygen atoms in total. The number of aromatic nitrogens is 2. The van der Waals surface area contributed by atoms with E-state index in [4.69, 9.17) is 4.52 Å². The molecule has 3 amide bonds. The smallest absolute Gasteiger partial charge is 0.321 e. The van der Waals surface area contributed by atoms with Gasteiger partial charge in [-0.3, -0.25) is 4.79 Å². The van der Waals surface area contributed by atoms with Crippen molar-refractivity contribution in [1.29, 1.82) is 0 Å². The molecule has 8 heteroatoms. The summed E-state index contributed by atoms with van der Waals surface area (Å²) in [6, 6.07) is 14.5. The fourth-order valence-corrected chi connectivity index (χ4v) is 2.89. The number of likely N-dealkylation sites (N-methyl/N-ethyl adjacent to an activating group) is 1. The summed E-state index contributed by atoms with van der Waals surface area (Å²) in [4.78, 5) is 30.4. The molecule has 2 N–H and O–H groups in total. The van der Waals surface area contributed by atoms with Gasteiger partial charge in [-0.15, -0.1) is 0 Å². The maximum absolute atomic E-state index is 12.3. The van der Waals surface area contributed by atoms with E-state index >= 15 is 0 Å². The molecule has 3 aromatic rings. The van der Waals surface area contributed by atoms with Crippen molar-refractivity contribution in [2.75, 3.05) is 18.9 Å². The first kappa shape index (κ1) is 22.0. The summed E-state index contributed by atoms with van der Waals surface area (Å²) >= 11 is 0. The highest BCUT2D eigenvalue weighted by molar-refractivity contribution is 5.94. The van der Waals surface area contributed by atoms with E-state index < -0.39 is 0 Å². The number of hydrogen-bond donors (Lipinski definition) is 2. The first-order chi connectivity index (χ1) is 14.8. The molecule has 0 spiro atoms. The lowest BCUT2D eigenvalue weighted by Crippen LogP contribution is -2.33. The Bertz CT molecular complexity index is 1040. The Morgan fingerprint density at radius 3 is 2.55 bits per heavy atom. The predicted molar refractivity (Wildman–Crippen MR) is 119 cm³/mol. The van der Waals surface area contributed by atoms with E-state index in [2.05, 4.69) is 20.8 Å². The average molecular weight is 422 g/mol. The van der Waals surface area contributed by atoms with Crippen molar-refractivity contribution < 1.29 is 14.1 Å². The number of urea groups is 1. The number of rotatable bonds is 7. The van der Waals surface area contributed by atoms with E-state index in [1.54, 1.807) is 36.2 Å². The highest BCUT2D eigenvalue weighted by atomic mass is 16.5. The molecule has 2 aromatic carbocycles. The van der Waals surface area contributed by atoms with Gasteiger partial charge in [0.2, 0.25) is 0 Å². The molecule has 0 saturated carbocycles. The Morgan fingerprint density at radius 2 is 1.87 bits per heavy atom. The van der Waals surface area contributed by atoms with Crippen LogP contribution in [0.2, 0.25) is 0 Å². The van der Waals surface area contributed by atoms with Gasteiger partial charge in [-0.2, -0.15) is 4.98 Å². The maximum Gasteiger partial charge on any atom is 0.321 e. The molecule has 0 radical (unpaired) electrons. The standard InChI is InChI=1S/C23H27N5O3/c1-15(2)24-21(29)17-8-10-18(11-9-17)22-26-20(27-31-22)12-13-28(4)23(30)25-19-7-5-6-16(3)14-19/h5-11,14-15H,12-13H2,1-4H3,(H,24,29)(H,25,30). The van der Waals surface area contributed by atoms with E-state index in [-0.39, 0.29) is 18.0 Å². The SMILES string of the molecule is Cc1cccc(NC(=O)N(C)CCc2noc(-c3ccc(C(=O)NC(C)C)cc3)n2)c1. The third kappa shape index (κ3) is 6.15. The number of aryl methyl sites for hydroxylation is 1. The number of amides is 3. The van der Waals surface area contributed by atoms with Crippen molar-refractivity contribution in [3.05, 3.63) is 65.5 Å². The van der Waals surface area contributed by atoms with Crippen LogP contribution in [0.25, 0.3) is 11.5 Å². The topological polar surface area (TPSA) is 100 Å². The van der Waals surface area contributed by atoms with Gasteiger partial charge < -0.3 is 20.1 Å². The lowest BCUT2D eigenvalue weighted by Gasteiger charge is -2.17. The van der Waals surface area contributed by atoms with E-state index in [0.717, 1.165) is 16.8 Å². The number of nitrogens with zero attached hydrogens (tertiary/aromatic N) is 3. The summed E-state index contributed by atoms with van der Waals surface area (Å²) in [7, 11) is 1.72. The van der Waals surface area contributed by atoms with E-state index in [1.165, 1.54) is 0 Å². The van der Waals surface area contributed by atoms with Gasteiger partial charge in [0.25, 0.3) is 11.8 Å². The van der Waals surface area contributed by atoms with E-state index in [0.29, 0.717) is 30.2 Å². The van der Waals surface area contributed by atoms with E-state index in [1.807, 2.05) is 45.0 Å². The molecule has 0 fully saturated rings. The fourth-order valence-electron chi connectivity index (χ4n) is 2.89. The van der Waals surface area contributed by atoms with Gasteiger partial charge in [0.15, 0.2) is 5.82 Å². The number of carbonyl (C=O) groups excluding carboxylic acids is 2. The van der Waals surface area contributed by atoms with Crippen molar-refractivity contribution in [1.82, 2.24) is 20.4 Å². The van der Waals surface area contributed by atoms with Crippen molar-refractivity contribution in [2.24, 2.45) is 0 Å². The summed E-state index contributed by atoms with van der Waals surface area (Å²) in [6.45, 7) is 6.23. The highest BCUT2D eigenvalue weighted by Crippen LogP contribution is 2.18. The third-order valence-corrected chi connectivity index (χ3v) is 4.57. The zero-order valence-corrected chi connectivity index (χ0v) is 18.2. The highest BCUT2D eigenvalue weighted by Gasteiger charge is 2.14. The Kier molecular flexibility index (Phi) is 7.02. The predicted octanol–water partition coefficient (Wildman–Crippen LogP) is 3.89. The number of anilines is 1. The number of hydrogen-bond acceptors (Lipinski definition) is 5. The second-order valence-corrected chi connectivity index (χ2v) is 7.69. The van der Waals surface area contributed by atoms with Crippen LogP contribution in [0.1, 0.15) is 35.6 Å². The molecule has 31 heavy (non-hydrogen) atoms. The lowest BCUT2D eigenvalue weighted by molar-refractivity contribution is 0.0943. The minimum atomic E-state index is -0.204. The van der Waals surface area contributed by atoms with Crippen LogP contribution in [-0.2, 0) is 6.42 Å². The van der Waals surface area contributed by atoms with Crippen LogP contribution in [0.5, 0.6) is 0 Å². The minimum absolute atomic E-state index is 0.0719. The second kappa shape index (κ2) is 9.88. The number of benzene rings is 2. The molecular formula is C23H27N5O3. The van der Waals surface area contributed by atoms with Crippen LogP contribution in [0.4, 0.5) is 10.5 Å². The van der Waals surface area contributed by atoms with Crippen LogP contribution in [-0.4, -0.2) is 46.6 Å². The van der Waals surface area contributed by atoms with Crippen LogP contribution >= 0.6 is 0 Å². The second-order valence-electron chi connectivity index (χ2n) is 7.69. The molecule has 0 aliphatic carbocycles. The summed E-state index contributed by atoms with van der Waals surface area (Å²) in [6.07, 6.45) is 0.454. The Morgan fingerprint density at radius 1 is 1.13 bits per heavy atom. The van der Waals surface area contributed by atoms with Crippen LogP contribution < -0.4 is 10.6 Å². The monoisotopic (exact) mass is 421 g/mol. The normalized spacial score (nSPS) is 10.7. The third-order valence-electron chi connectivity index (χ3n) is 4.57. The lowest BCUT2D eigenvalue weighted by atomic mass is 10.1. The zero-order chi connectivity index (χ0) is 22.4. The fraction of sp³-hybridized carbons (Fsp3) is 0.304. The first-order valence-corrected chi connectivity index (χ1v) is 10.1. The molecule has 1 heterocycles. The van der Waals surface area contributed by atoms with Crippen LogP contribution in [0, 0.1) is 6.92 Å². The zero-order valence-electron chi connectivity index (χ0n) is 18.2. The van der Waals surface area contributed by atoms with Gasteiger partial charge in [0.05, 0.1) is 0 Å². The maximum atomic E-state index is 12.3. The summed E-state index contributed by atoms with van der Waals surface area (Å²) in [5, 5.41) is 9.71. The number of carbonyl (C=O) groups is 2. The first-order valence-electron chi connectivity index (χ1n) is 10.1. The molecule has 0 saturated heterocycles. The molecule has 3 rings (SSSR count). The van der Waals surface area contributed by atoms with Gasteiger partial charge in [0, 0.05) is 42.9 Å². The Balaban J connectivity index is 1.55. The summed E-state index contributed by atoms with van der Waals surface area (Å²) in [5.74, 6) is 0.754. The molecule has 1 aromatic heterocycles. The molecular weight excluding hydrogens is 394 g/mol. The average Bonchev–Trinajstić information content (AvgIpc) is 3.20.